The summed E-state index contributed by atoms with van der Waals surface area (Å²) in [6.45, 7) is 1.51. The van der Waals surface area contributed by atoms with Crippen LogP contribution in [-0.4, -0.2) is 44.7 Å². The van der Waals surface area contributed by atoms with Crippen LogP contribution in [0, 0.1) is 12.3 Å². The van der Waals surface area contributed by atoms with E-state index in [1.807, 2.05) is 18.2 Å². The van der Waals surface area contributed by atoms with Crippen molar-refractivity contribution in [2.24, 2.45) is 0 Å². The summed E-state index contributed by atoms with van der Waals surface area (Å²) < 4.78 is 10.7. The van der Waals surface area contributed by atoms with Crippen molar-refractivity contribution >= 4 is 5.91 Å². The number of methoxy groups -OCH3 is 2. The third-order valence-electron chi connectivity index (χ3n) is 3.90. The highest BCUT2D eigenvalue weighted by molar-refractivity contribution is 5.78. The number of nitrogens with zero attached hydrogens (tertiary/aromatic N) is 1. The number of ether oxygens (including phenoxy) is 2. The number of nitrogens with one attached hydrogen (secondary N) is 1. The molecule has 1 aliphatic heterocycles. The number of rotatable bonds is 6. The molecule has 1 N–H and O–H groups in total. The molecular weight excluding hydrogens is 280 g/mol. The van der Waals surface area contributed by atoms with Crippen LogP contribution in [0.15, 0.2) is 18.2 Å². The molecule has 1 aliphatic rings. The van der Waals surface area contributed by atoms with Gasteiger partial charge in [-0.2, -0.15) is 0 Å². The van der Waals surface area contributed by atoms with Gasteiger partial charge in [-0.1, -0.05) is 12.0 Å². The lowest BCUT2D eigenvalue weighted by Gasteiger charge is -2.25. The Bertz CT molecular complexity index is 566. The molecule has 1 heterocycles. The topological polar surface area (TPSA) is 50.8 Å². The SMILES string of the molecule is C#CCNC(=O)CN1CCC[C@@H]1c1ccc(OC)cc1OC. The van der Waals surface area contributed by atoms with Crippen LogP contribution in [0.3, 0.4) is 0 Å². The molecule has 5 nitrogen and oxygen atoms in total. The van der Waals surface area contributed by atoms with Gasteiger partial charge in [0.25, 0.3) is 0 Å². The summed E-state index contributed by atoms with van der Waals surface area (Å²) in [6.07, 6.45) is 7.22. The summed E-state index contributed by atoms with van der Waals surface area (Å²) in [6, 6.07) is 5.99. The van der Waals surface area contributed by atoms with Crippen molar-refractivity contribution in [3.63, 3.8) is 0 Å². The first kappa shape index (κ1) is 16.2. The number of carbonyl (C=O) groups is 1. The number of amides is 1. The second-order valence-electron chi connectivity index (χ2n) is 5.22. The number of carbonyl (C=O) groups excluding carboxylic acids is 1. The molecule has 5 heteroatoms. The molecule has 1 saturated heterocycles. The average molecular weight is 302 g/mol. The van der Waals surface area contributed by atoms with Crippen molar-refractivity contribution in [1.29, 1.82) is 0 Å². The fraction of sp³-hybridized carbons (Fsp3) is 0.471. The van der Waals surface area contributed by atoms with Crippen LogP contribution >= 0.6 is 0 Å². The molecule has 2 rings (SSSR count). The van der Waals surface area contributed by atoms with Crippen molar-refractivity contribution in [2.75, 3.05) is 33.9 Å². The first-order valence-electron chi connectivity index (χ1n) is 7.35. The van der Waals surface area contributed by atoms with Crippen LogP contribution in [0.5, 0.6) is 11.5 Å². The lowest BCUT2D eigenvalue weighted by Crippen LogP contribution is -2.37. The van der Waals surface area contributed by atoms with Crippen molar-refractivity contribution in [3.8, 4) is 23.8 Å². The Morgan fingerprint density at radius 3 is 2.95 bits per heavy atom. The van der Waals surface area contributed by atoms with Gasteiger partial charge in [0.05, 0.1) is 27.3 Å². The van der Waals surface area contributed by atoms with E-state index >= 15 is 0 Å². The van der Waals surface area contributed by atoms with E-state index in [4.69, 9.17) is 15.9 Å². The quantitative estimate of drug-likeness (QED) is 0.811. The molecule has 0 spiro atoms. The molecule has 0 saturated carbocycles. The highest BCUT2D eigenvalue weighted by atomic mass is 16.5. The van der Waals surface area contributed by atoms with Crippen LogP contribution in [0.1, 0.15) is 24.4 Å². The Morgan fingerprint density at radius 1 is 1.45 bits per heavy atom. The molecule has 0 aliphatic carbocycles. The molecule has 1 atom stereocenters. The van der Waals surface area contributed by atoms with Gasteiger partial charge in [-0.15, -0.1) is 6.42 Å². The van der Waals surface area contributed by atoms with Gasteiger partial charge < -0.3 is 14.8 Å². The van der Waals surface area contributed by atoms with E-state index in [1.165, 1.54) is 0 Å². The summed E-state index contributed by atoms with van der Waals surface area (Å²) in [4.78, 5) is 14.1. The molecule has 118 valence electrons. The number of hydrogen-bond acceptors (Lipinski definition) is 4. The molecule has 1 aromatic carbocycles. The Balaban J connectivity index is 2.13. The van der Waals surface area contributed by atoms with Gasteiger partial charge in [0.2, 0.25) is 5.91 Å². The standard InChI is InChI=1S/C17H22N2O3/c1-4-9-18-17(20)12-19-10-5-6-15(19)14-8-7-13(21-2)11-16(14)22-3/h1,7-8,11,15H,5-6,9-10,12H2,2-3H3,(H,18,20)/t15-/m1/s1. The molecule has 0 bridgehead atoms. The fourth-order valence-electron chi connectivity index (χ4n) is 2.85. The first-order chi connectivity index (χ1) is 10.7. The molecule has 1 aromatic rings. The van der Waals surface area contributed by atoms with E-state index in [0.717, 1.165) is 36.4 Å². The van der Waals surface area contributed by atoms with E-state index in [9.17, 15) is 4.79 Å². The van der Waals surface area contributed by atoms with Crippen molar-refractivity contribution in [2.45, 2.75) is 18.9 Å². The highest BCUT2D eigenvalue weighted by Gasteiger charge is 2.29. The molecule has 1 amide bonds. The Labute approximate surface area is 131 Å². The zero-order valence-electron chi connectivity index (χ0n) is 13.1. The minimum absolute atomic E-state index is 0.0441. The van der Waals surface area contributed by atoms with Gasteiger partial charge in [-0.05, 0) is 25.5 Å². The average Bonchev–Trinajstić information content (AvgIpc) is 3.00. The molecule has 22 heavy (non-hydrogen) atoms. The van der Waals surface area contributed by atoms with Crippen LogP contribution in [0.2, 0.25) is 0 Å². The predicted molar refractivity (Wildman–Crippen MR) is 84.9 cm³/mol. The van der Waals surface area contributed by atoms with Gasteiger partial charge >= 0.3 is 0 Å². The van der Waals surface area contributed by atoms with Gasteiger partial charge in [0.15, 0.2) is 0 Å². The third kappa shape index (κ3) is 3.71. The Morgan fingerprint density at radius 2 is 2.27 bits per heavy atom. The molecule has 1 fully saturated rings. The number of likely N-dealkylation sites (tertiary alicyclic amines) is 1. The maximum atomic E-state index is 11.9. The second-order valence-corrected chi connectivity index (χ2v) is 5.22. The lowest BCUT2D eigenvalue weighted by atomic mass is 10.0. The van der Waals surface area contributed by atoms with Crippen molar-refractivity contribution in [1.82, 2.24) is 10.2 Å². The van der Waals surface area contributed by atoms with E-state index in [-0.39, 0.29) is 18.5 Å². The van der Waals surface area contributed by atoms with E-state index < -0.39 is 0 Å². The van der Waals surface area contributed by atoms with Crippen LogP contribution in [-0.2, 0) is 4.79 Å². The summed E-state index contributed by atoms with van der Waals surface area (Å²) in [5.74, 6) is 3.92. The van der Waals surface area contributed by atoms with Gasteiger partial charge in [-0.3, -0.25) is 9.69 Å². The highest BCUT2D eigenvalue weighted by Crippen LogP contribution is 2.38. The van der Waals surface area contributed by atoms with Crippen molar-refractivity contribution in [3.05, 3.63) is 23.8 Å². The zero-order valence-corrected chi connectivity index (χ0v) is 13.1. The number of benzene rings is 1. The normalized spacial score (nSPS) is 17.8. The predicted octanol–water partition coefficient (Wildman–Crippen LogP) is 1.59. The van der Waals surface area contributed by atoms with Gasteiger partial charge in [0, 0.05) is 17.7 Å². The lowest BCUT2D eigenvalue weighted by molar-refractivity contribution is -0.122. The molecule has 0 aromatic heterocycles. The van der Waals surface area contributed by atoms with Gasteiger partial charge in [-0.25, -0.2) is 0 Å². The fourth-order valence-corrected chi connectivity index (χ4v) is 2.85. The summed E-state index contributed by atoms with van der Waals surface area (Å²) in [5, 5.41) is 2.71. The zero-order chi connectivity index (χ0) is 15.9. The van der Waals surface area contributed by atoms with Gasteiger partial charge in [0.1, 0.15) is 11.5 Å². The maximum absolute atomic E-state index is 11.9. The smallest absolute Gasteiger partial charge is 0.234 e. The summed E-state index contributed by atoms with van der Waals surface area (Å²) in [5.41, 5.74) is 1.09. The maximum Gasteiger partial charge on any atom is 0.234 e. The largest absolute Gasteiger partial charge is 0.497 e. The number of hydrogen-bond donors (Lipinski definition) is 1. The Kier molecular flexibility index (Phi) is 5.68. The first-order valence-corrected chi connectivity index (χ1v) is 7.35. The minimum atomic E-state index is -0.0441. The van der Waals surface area contributed by atoms with E-state index in [0.29, 0.717) is 6.54 Å². The van der Waals surface area contributed by atoms with Crippen LogP contribution < -0.4 is 14.8 Å². The molecular formula is C17H22N2O3. The second kappa shape index (κ2) is 7.71. The van der Waals surface area contributed by atoms with E-state index in [1.54, 1.807) is 14.2 Å². The third-order valence-corrected chi connectivity index (χ3v) is 3.90. The molecule has 0 radical (unpaired) electrons. The summed E-state index contributed by atoms with van der Waals surface area (Å²) >= 11 is 0. The Hall–Kier alpha value is -2.19. The minimum Gasteiger partial charge on any atom is -0.497 e. The summed E-state index contributed by atoms with van der Waals surface area (Å²) in [7, 11) is 3.28. The van der Waals surface area contributed by atoms with Crippen LogP contribution in [0.25, 0.3) is 0 Å². The van der Waals surface area contributed by atoms with Crippen LogP contribution in [0.4, 0.5) is 0 Å². The number of terminal acetylenes is 1. The molecule has 0 unspecified atom stereocenters. The van der Waals surface area contributed by atoms with Crippen molar-refractivity contribution < 1.29 is 14.3 Å². The monoisotopic (exact) mass is 302 g/mol. The van der Waals surface area contributed by atoms with E-state index in [2.05, 4.69) is 16.1 Å².